The molecule has 4 rings (SSSR count). The molecular weight excluding hydrogens is 432 g/mol. The molecule has 34 heavy (non-hydrogen) atoms. The molecule has 0 radical (unpaired) electrons. The zero-order valence-corrected chi connectivity index (χ0v) is 20.5. The van der Waals surface area contributed by atoms with E-state index in [1.165, 1.54) is 0 Å². The van der Waals surface area contributed by atoms with Gasteiger partial charge in [0.05, 0.1) is 25.5 Å². The Bertz CT molecular complexity index is 1040. The van der Waals surface area contributed by atoms with E-state index in [4.69, 9.17) is 14.7 Å². The maximum absolute atomic E-state index is 13.0. The lowest BCUT2D eigenvalue weighted by molar-refractivity contribution is -0.140. The first-order valence-corrected chi connectivity index (χ1v) is 11.9. The van der Waals surface area contributed by atoms with Crippen molar-refractivity contribution in [2.75, 3.05) is 49.6 Å². The molecule has 9 heteroatoms. The van der Waals surface area contributed by atoms with Crippen molar-refractivity contribution in [3.63, 3.8) is 0 Å². The van der Waals surface area contributed by atoms with Gasteiger partial charge in [-0.2, -0.15) is 0 Å². The van der Waals surface area contributed by atoms with Gasteiger partial charge in [-0.05, 0) is 37.6 Å². The van der Waals surface area contributed by atoms with Gasteiger partial charge in [-0.15, -0.1) is 0 Å². The molecule has 182 valence electrons. The summed E-state index contributed by atoms with van der Waals surface area (Å²) in [5.41, 5.74) is 3.15. The largest absolute Gasteiger partial charge is 0.378 e. The van der Waals surface area contributed by atoms with E-state index in [1.807, 2.05) is 56.9 Å². The smallest absolute Gasteiger partial charge is 0.319 e. The second-order valence-corrected chi connectivity index (χ2v) is 9.68. The number of rotatable bonds is 4. The molecule has 2 N–H and O–H groups in total. The SMILES string of the molecule is CCNC(=O)Nc1ccc(-c2nc3c(c(N4CCOCC4)n2)CCN(C(=O)C(C)(C)C)C3)cc1. The first-order chi connectivity index (χ1) is 16.3. The number of hydrogen-bond acceptors (Lipinski definition) is 6. The first kappa shape index (κ1) is 23.9. The summed E-state index contributed by atoms with van der Waals surface area (Å²) in [5, 5.41) is 5.53. The van der Waals surface area contributed by atoms with Crippen molar-refractivity contribution in [3.8, 4) is 11.4 Å². The summed E-state index contributed by atoms with van der Waals surface area (Å²) in [5.74, 6) is 1.69. The van der Waals surface area contributed by atoms with Crippen LogP contribution in [0.3, 0.4) is 0 Å². The van der Waals surface area contributed by atoms with Crippen LogP contribution in [0.1, 0.15) is 39.0 Å². The molecule has 3 amide bonds. The van der Waals surface area contributed by atoms with Crippen LogP contribution in [0, 0.1) is 5.41 Å². The molecule has 1 saturated heterocycles. The van der Waals surface area contributed by atoms with Gasteiger partial charge < -0.3 is 25.2 Å². The van der Waals surface area contributed by atoms with Gasteiger partial charge in [0.2, 0.25) is 5.91 Å². The van der Waals surface area contributed by atoms with Crippen LogP contribution >= 0.6 is 0 Å². The minimum atomic E-state index is -0.437. The van der Waals surface area contributed by atoms with Crippen LogP contribution in [0.15, 0.2) is 24.3 Å². The standard InChI is InChI=1S/C25H34N6O3/c1-5-26-24(33)27-18-8-6-17(7-9-18)21-28-20-16-31(23(32)25(2,3)4)11-10-19(20)22(29-21)30-12-14-34-15-13-30/h6-9H,5,10-16H2,1-4H3,(H2,26,27,33). The lowest BCUT2D eigenvalue weighted by Gasteiger charge is -2.36. The molecule has 2 aliphatic heterocycles. The van der Waals surface area contributed by atoms with Crippen molar-refractivity contribution >= 4 is 23.4 Å². The van der Waals surface area contributed by atoms with Gasteiger partial charge in [0, 0.05) is 48.4 Å². The Morgan fingerprint density at radius 1 is 1.06 bits per heavy atom. The summed E-state index contributed by atoms with van der Waals surface area (Å²) in [4.78, 5) is 38.8. The molecule has 0 aliphatic carbocycles. The average Bonchev–Trinajstić information content (AvgIpc) is 2.83. The lowest BCUT2D eigenvalue weighted by Crippen LogP contribution is -2.44. The summed E-state index contributed by atoms with van der Waals surface area (Å²) in [6.07, 6.45) is 0.736. The molecule has 1 aromatic heterocycles. The number of nitrogens with one attached hydrogen (secondary N) is 2. The number of urea groups is 1. The Kier molecular flexibility index (Phi) is 7.02. The number of ether oxygens (including phenoxy) is 1. The summed E-state index contributed by atoms with van der Waals surface area (Å²) < 4.78 is 5.55. The highest BCUT2D eigenvalue weighted by molar-refractivity contribution is 5.89. The summed E-state index contributed by atoms with van der Waals surface area (Å²) in [7, 11) is 0. The van der Waals surface area contributed by atoms with E-state index in [0.717, 1.165) is 42.1 Å². The molecule has 9 nitrogen and oxygen atoms in total. The number of amides is 3. The van der Waals surface area contributed by atoms with Gasteiger partial charge in [-0.1, -0.05) is 20.8 Å². The molecule has 1 fully saturated rings. The lowest BCUT2D eigenvalue weighted by atomic mass is 9.93. The Balaban J connectivity index is 1.67. The molecular formula is C25H34N6O3. The number of carbonyl (C=O) groups is 2. The Morgan fingerprint density at radius 2 is 1.76 bits per heavy atom. The van der Waals surface area contributed by atoms with Crippen LogP contribution in [0.5, 0.6) is 0 Å². The first-order valence-electron chi connectivity index (χ1n) is 11.9. The van der Waals surface area contributed by atoms with E-state index < -0.39 is 5.41 Å². The highest BCUT2D eigenvalue weighted by Crippen LogP contribution is 2.32. The number of fused-ring (bicyclic) bond motifs is 1. The minimum absolute atomic E-state index is 0.131. The quantitative estimate of drug-likeness (QED) is 0.719. The number of carbonyl (C=O) groups excluding carboxylic acids is 2. The van der Waals surface area contributed by atoms with Crippen LogP contribution in [0.4, 0.5) is 16.3 Å². The fourth-order valence-corrected chi connectivity index (χ4v) is 4.26. The monoisotopic (exact) mass is 466 g/mol. The maximum Gasteiger partial charge on any atom is 0.319 e. The molecule has 0 atom stereocenters. The van der Waals surface area contributed by atoms with E-state index in [0.29, 0.717) is 44.4 Å². The van der Waals surface area contributed by atoms with Crippen molar-refractivity contribution in [1.29, 1.82) is 0 Å². The number of hydrogen-bond donors (Lipinski definition) is 2. The Morgan fingerprint density at radius 3 is 2.41 bits per heavy atom. The topological polar surface area (TPSA) is 99.7 Å². The van der Waals surface area contributed by atoms with Gasteiger partial charge in [-0.25, -0.2) is 14.8 Å². The van der Waals surface area contributed by atoms with Crippen LogP contribution in [0.25, 0.3) is 11.4 Å². The predicted octanol–water partition coefficient (Wildman–Crippen LogP) is 3.05. The number of benzene rings is 1. The second kappa shape index (κ2) is 9.97. The predicted molar refractivity (Wildman–Crippen MR) is 132 cm³/mol. The molecule has 2 aromatic rings. The van der Waals surface area contributed by atoms with Crippen LogP contribution in [-0.2, 0) is 22.5 Å². The van der Waals surface area contributed by atoms with E-state index >= 15 is 0 Å². The molecule has 0 unspecified atom stereocenters. The summed E-state index contributed by atoms with van der Waals surface area (Å²) in [6.45, 7) is 12.3. The van der Waals surface area contributed by atoms with Crippen molar-refractivity contribution in [2.45, 2.75) is 40.7 Å². The van der Waals surface area contributed by atoms with E-state index in [9.17, 15) is 9.59 Å². The van der Waals surface area contributed by atoms with E-state index in [1.54, 1.807) is 0 Å². The maximum atomic E-state index is 13.0. The fourth-order valence-electron chi connectivity index (χ4n) is 4.26. The van der Waals surface area contributed by atoms with Gasteiger partial charge in [-0.3, -0.25) is 4.79 Å². The normalized spacial score (nSPS) is 16.1. The third-order valence-electron chi connectivity index (χ3n) is 6.02. The molecule has 0 spiro atoms. The van der Waals surface area contributed by atoms with Crippen LogP contribution in [0.2, 0.25) is 0 Å². The summed E-state index contributed by atoms with van der Waals surface area (Å²) in [6, 6.07) is 7.27. The van der Waals surface area contributed by atoms with Crippen molar-refractivity contribution < 1.29 is 14.3 Å². The van der Waals surface area contributed by atoms with Crippen molar-refractivity contribution in [3.05, 3.63) is 35.5 Å². The molecule has 0 bridgehead atoms. The van der Waals surface area contributed by atoms with Gasteiger partial charge in [0.15, 0.2) is 5.82 Å². The van der Waals surface area contributed by atoms with Gasteiger partial charge in [0.25, 0.3) is 0 Å². The Hall–Kier alpha value is -3.20. The van der Waals surface area contributed by atoms with Gasteiger partial charge >= 0.3 is 6.03 Å². The Labute approximate surface area is 200 Å². The molecule has 0 saturated carbocycles. The fraction of sp³-hybridized carbons (Fsp3) is 0.520. The average molecular weight is 467 g/mol. The molecule has 3 heterocycles. The highest BCUT2D eigenvalue weighted by Gasteiger charge is 2.32. The third kappa shape index (κ3) is 5.30. The van der Waals surface area contributed by atoms with Crippen molar-refractivity contribution in [1.82, 2.24) is 20.2 Å². The van der Waals surface area contributed by atoms with Gasteiger partial charge in [0.1, 0.15) is 5.82 Å². The van der Waals surface area contributed by atoms with Crippen molar-refractivity contribution in [2.24, 2.45) is 5.41 Å². The molecule has 2 aliphatic rings. The zero-order valence-electron chi connectivity index (χ0n) is 20.5. The molecule has 1 aromatic carbocycles. The number of aromatic nitrogens is 2. The number of morpholine rings is 1. The third-order valence-corrected chi connectivity index (χ3v) is 6.02. The van der Waals surface area contributed by atoms with Crippen LogP contribution < -0.4 is 15.5 Å². The minimum Gasteiger partial charge on any atom is -0.378 e. The summed E-state index contributed by atoms with van der Waals surface area (Å²) >= 11 is 0. The van der Waals surface area contributed by atoms with E-state index in [-0.39, 0.29) is 11.9 Å². The highest BCUT2D eigenvalue weighted by atomic mass is 16.5. The number of anilines is 2. The zero-order chi connectivity index (χ0) is 24.3. The van der Waals surface area contributed by atoms with Crippen LogP contribution in [-0.4, -0.2) is 66.2 Å². The second-order valence-electron chi connectivity index (χ2n) is 9.68. The number of nitrogens with zero attached hydrogens (tertiary/aromatic N) is 4. The van der Waals surface area contributed by atoms with E-state index in [2.05, 4.69) is 15.5 Å².